The fourth-order valence-corrected chi connectivity index (χ4v) is 2.50. The molecule has 18 heavy (non-hydrogen) atoms. The van der Waals surface area contributed by atoms with E-state index in [2.05, 4.69) is 56.0 Å². The molecule has 2 aliphatic carbocycles. The highest BCUT2D eigenvalue weighted by Gasteiger charge is 2.32. The molecule has 0 aliphatic heterocycles. The first-order valence-electron chi connectivity index (χ1n) is 6.36. The zero-order valence-electron chi connectivity index (χ0n) is 10.7. The van der Waals surface area contributed by atoms with Crippen LogP contribution in [0.1, 0.15) is 31.1 Å². The zero-order chi connectivity index (χ0) is 12.5. The molecule has 0 amide bonds. The van der Waals surface area contributed by atoms with Crippen molar-refractivity contribution < 1.29 is 4.74 Å². The summed E-state index contributed by atoms with van der Waals surface area (Å²) >= 11 is 0. The van der Waals surface area contributed by atoms with Gasteiger partial charge in [-0.3, -0.25) is 0 Å². The smallest absolute Gasteiger partial charge is 0.110 e. The summed E-state index contributed by atoms with van der Waals surface area (Å²) in [5.41, 5.74) is 8.24. The van der Waals surface area contributed by atoms with Gasteiger partial charge in [-0.1, -0.05) is 42.5 Å². The van der Waals surface area contributed by atoms with Crippen LogP contribution in [0.2, 0.25) is 0 Å². The summed E-state index contributed by atoms with van der Waals surface area (Å²) in [4.78, 5) is 0. The van der Waals surface area contributed by atoms with Gasteiger partial charge >= 0.3 is 0 Å². The Morgan fingerprint density at radius 1 is 1.17 bits per heavy atom. The fourth-order valence-electron chi connectivity index (χ4n) is 2.50. The topological polar surface area (TPSA) is 9.23 Å². The zero-order valence-corrected chi connectivity index (χ0v) is 10.7. The van der Waals surface area contributed by atoms with E-state index in [9.17, 15) is 0 Å². The lowest BCUT2D eigenvalue weighted by Crippen LogP contribution is -2.09. The Morgan fingerprint density at radius 3 is 2.83 bits per heavy atom. The van der Waals surface area contributed by atoms with E-state index in [0.29, 0.717) is 0 Å². The highest BCUT2D eigenvalue weighted by Crippen LogP contribution is 2.46. The molecule has 0 fully saturated rings. The molecule has 2 aliphatic rings. The van der Waals surface area contributed by atoms with Crippen molar-refractivity contribution in [1.82, 2.24) is 0 Å². The van der Waals surface area contributed by atoms with Crippen LogP contribution in [0.25, 0.3) is 5.57 Å². The van der Waals surface area contributed by atoms with Crippen LogP contribution in [0.15, 0.2) is 59.9 Å². The monoisotopic (exact) mass is 236 g/mol. The minimum Gasteiger partial charge on any atom is -0.366 e. The molecule has 1 aromatic rings. The van der Waals surface area contributed by atoms with E-state index in [1.807, 2.05) is 12.2 Å². The van der Waals surface area contributed by atoms with Crippen molar-refractivity contribution in [3.63, 3.8) is 0 Å². The van der Waals surface area contributed by atoms with Gasteiger partial charge in [0.25, 0.3) is 0 Å². The second-order valence-corrected chi connectivity index (χ2v) is 4.85. The number of fused-ring (bicyclic) bond motifs is 3. The van der Waals surface area contributed by atoms with E-state index in [0.717, 1.165) is 0 Å². The quantitative estimate of drug-likeness (QED) is 0.699. The molecule has 0 N–H and O–H groups in total. The number of hydrogen-bond acceptors (Lipinski definition) is 1. The molecule has 0 aromatic heterocycles. The van der Waals surface area contributed by atoms with Crippen LogP contribution in [0, 0.1) is 0 Å². The molecule has 90 valence electrons. The minimum atomic E-state index is 0.0415. The van der Waals surface area contributed by atoms with Gasteiger partial charge in [-0.2, -0.15) is 0 Å². The van der Waals surface area contributed by atoms with Gasteiger partial charge in [0.05, 0.1) is 6.10 Å². The molecule has 1 aromatic carbocycles. The Morgan fingerprint density at radius 2 is 2.00 bits per heavy atom. The Bertz CT molecular complexity index is 596. The lowest BCUT2D eigenvalue weighted by molar-refractivity contribution is 0.0328. The van der Waals surface area contributed by atoms with Crippen molar-refractivity contribution in [2.75, 3.05) is 0 Å². The van der Waals surface area contributed by atoms with Crippen molar-refractivity contribution in [3.8, 4) is 0 Å². The molecule has 1 atom stereocenters. The average molecular weight is 236 g/mol. The van der Waals surface area contributed by atoms with Gasteiger partial charge in [-0.15, -0.1) is 5.73 Å². The Labute approximate surface area is 108 Å². The van der Waals surface area contributed by atoms with Crippen molar-refractivity contribution in [2.45, 2.75) is 26.1 Å². The first-order valence-corrected chi connectivity index (χ1v) is 6.36. The normalized spacial score (nSPS) is 20.3. The second kappa shape index (κ2) is 4.45. The van der Waals surface area contributed by atoms with Gasteiger partial charge in [0.1, 0.15) is 6.10 Å². The number of allylic oxidation sites excluding steroid dienone is 3. The van der Waals surface area contributed by atoms with Crippen molar-refractivity contribution in [2.24, 2.45) is 0 Å². The van der Waals surface area contributed by atoms with E-state index in [4.69, 9.17) is 4.74 Å². The van der Waals surface area contributed by atoms with E-state index < -0.39 is 0 Å². The van der Waals surface area contributed by atoms with Crippen LogP contribution in [-0.2, 0) is 4.74 Å². The molecule has 0 heterocycles. The van der Waals surface area contributed by atoms with Crippen molar-refractivity contribution in [1.29, 1.82) is 0 Å². The molecule has 0 saturated carbocycles. The predicted molar refractivity (Wildman–Crippen MR) is 74.1 cm³/mol. The Balaban J connectivity index is 2.18. The lowest BCUT2D eigenvalue weighted by atomic mass is 10.1. The van der Waals surface area contributed by atoms with Crippen LogP contribution < -0.4 is 0 Å². The van der Waals surface area contributed by atoms with Gasteiger partial charge in [-0.25, -0.2) is 0 Å². The standard InChI is InChI=1S/C17H16O/c1-12(2)18-17-15-10-5-3-4-8-13(15)14-9-6-7-11-16(14)17/h3-7,9-12,17H,1-2H3. The maximum atomic E-state index is 6.09. The van der Waals surface area contributed by atoms with Gasteiger partial charge in [0.2, 0.25) is 0 Å². The molecule has 1 unspecified atom stereocenters. The first kappa shape index (κ1) is 11.3. The number of ether oxygens (including phenoxy) is 1. The highest BCUT2D eigenvalue weighted by atomic mass is 16.5. The number of hydrogen-bond donors (Lipinski definition) is 0. The summed E-state index contributed by atoms with van der Waals surface area (Å²) in [6.07, 6.45) is 8.41. The summed E-state index contributed by atoms with van der Waals surface area (Å²) in [5.74, 6) is 0. The molecule has 0 radical (unpaired) electrons. The third-order valence-corrected chi connectivity index (χ3v) is 3.20. The molecule has 0 saturated heterocycles. The van der Waals surface area contributed by atoms with E-state index in [-0.39, 0.29) is 12.2 Å². The summed E-state index contributed by atoms with van der Waals surface area (Å²) in [5, 5.41) is 0. The van der Waals surface area contributed by atoms with Crippen LogP contribution in [0.5, 0.6) is 0 Å². The maximum absolute atomic E-state index is 6.09. The molecule has 0 bridgehead atoms. The molecular formula is C17H16O. The Kier molecular flexibility index (Phi) is 2.79. The lowest BCUT2D eigenvalue weighted by Gasteiger charge is -2.17. The molecule has 3 rings (SSSR count). The largest absolute Gasteiger partial charge is 0.366 e. The van der Waals surface area contributed by atoms with Gasteiger partial charge in [0, 0.05) is 11.1 Å². The van der Waals surface area contributed by atoms with E-state index in [1.54, 1.807) is 0 Å². The third-order valence-electron chi connectivity index (χ3n) is 3.20. The van der Waals surface area contributed by atoms with Crippen LogP contribution in [0.3, 0.4) is 0 Å². The van der Waals surface area contributed by atoms with Gasteiger partial charge < -0.3 is 4.74 Å². The molecule has 0 spiro atoms. The fraction of sp³-hybridized carbons (Fsp3) is 0.235. The Hall–Kier alpha value is -1.82. The first-order chi connectivity index (χ1) is 8.77. The number of benzene rings is 1. The van der Waals surface area contributed by atoms with Gasteiger partial charge in [-0.05, 0) is 31.1 Å². The summed E-state index contributed by atoms with van der Waals surface area (Å²) in [7, 11) is 0. The van der Waals surface area contributed by atoms with E-state index in [1.165, 1.54) is 22.3 Å². The average Bonchev–Trinajstić information content (AvgIpc) is 2.55. The molecule has 1 nitrogen and oxygen atoms in total. The van der Waals surface area contributed by atoms with Crippen LogP contribution >= 0.6 is 0 Å². The highest BCUT2D eigenvalue weighted by molar-refractivity contribution is 5.87. The molecule has 1 heteroatoms. The van der Waals surface area contributed by atoms with Crippen molar-refractivity contribution >= 4 is 5.57 Å². The van der Waals surface area contributed by atoms with E-state index >= 15 is 0 Å². The maximum Gasteiger partial charge on any atom is 0.110 e. The number of rotatable bonds is 2. The van der Waals surface area contributed by atoms with Gasteiger partial charge in [0.15, 0.2) is 0 Å². The molecular weight excluding hydrogens is 220 g/mol. The van der Waals surface area contributed by atoms with Crippen molar-refractivity contribution in [3.05, 3.63) is 71.0 Å². The summed E-state index contributed by atoms with van der Waals surface area (Å²) < 4.78 is 6.09. The predicted octanol–water partition coefficient (Wildman–Crippen LogP) is 4.20. The second-order valence-electron chi connectivity index (χ2n) is 4.85. The van der Waals surface area contributed by atoms with Crippen LogP contribution in [-0.4, -0.2) is 6.10 Å². The third kappa shape index (κ3) is 1.78. The summed E-state index contributed by atoms with van der Waals surface area (Å²) in [6, 6.07) is 8.44. The summed E-state index contributed by atoms with van der Waals surface area (Å²) in [6.45, 7) is 4.15. The van der Waals surface area contributed by atoms with Crippen LogP contribution in [0.4, 0.5) is 0 Å². The SMILES string of the molecule is CC(C)OC1C2=CC=CC=C=C2c2ccccc21. The minimum absolute atomic E-state index is 0.0415.